The molecule has 55 heavy (non-hydrogen) atoms. The Balaban J connectivity index is 1.14. The van der Waals surface area contributed by atoms with Gasteiger partial charge >= 0.3 is 0 Å². The van der Waals surface area contributed by atoms with Crippen molar-refractivity contribution >= 4 is 48.6 Å². The number of nitrogens with one attached hydrogen (secondary N) is 1. The van der Waals surface area contributed by atoms with Crippen LogP contribution in [0, 0.1) is 17.8 Å². The Kier molecular flexibility index (Phi) is 10.7. The minimum absolute atomic E-state index is 0.00894. The Morgan fingerprint density at radius 1 is 1.05 bits per heavy atom. The molecule has 4 heterocycles. The average molecular weight is 814 g/mol. The summed E-state index contributed by atoms with van der Waals surface area (Å²) >= 11 is 6.51. The maximum absolute atomic E-state index is 14.1. The molecule has 13 heteroatoms. The van der Waals surface area contributed by atoms with Crippen LogP contribution in [-0.4, -0.2) is 122 Å². The van der Waals surface area contributed by atoms with E-state index in [0.29, 0.717) is 43.6 Å². The molecule has 2 aromatic rings. The zero-order chi connectivity index (χ0) is 38.8. The normalized spacial score (nSPS) is 36.3. The van der Waals surface area contributed by atoms with Crippen molar-refractivity contribution in [3.05, 3.63) is 70.3 Å². The fraction of sp³-hybridized carbons (Fsp3) is 0.619. The number of carbonyl (C=O) groups excluding carboxylic acids is 1. The second kappa shape index (κ2) is 15.0. The van der Waals surface area contributed by atoms with E-state index in [2.05, 4.69) is 56.5 Å². The number of amides is 1. The summed E-state index contributed by atoms with van der Waals surface area (Å²) in [5.41, 5.74) is 3.09. The second-order valence-corrected chi connectivity index (χ2v) is 22.5. The molecule has 1 saturated carbocycles. The summed E-state index contributed by atoms with van der Waals surface area (Å²) in [5, 5.41) is 0.381. The lowest BCUT2D eigenvalue weighted by atomic mass is 9.63. The highest BCUT2D eigenvalue weighted by molar-refractivity contribution is 7.99. The van der Waals surface area contributed by atoms with Crippen LogP contribution in [0.4, 0.5) is 5.69 Å². The molecule has 0 radical (unpaired) electrons. The number of likely N-dealkylation sites (tertiary alicyclic amines) is 1. The number of aryl methyl sites for hydroxylation is 1. The smallest absolute Gasteiger partial charge is 0.262 e. The van der Waals surface area contributed by atoms with E-state index < -0.39 is 25.1 Å². The van der Waals surface area contributed by atoms with Gasteiger partial charge in [-0.3, -0.25) is 19.3 Å². The highest BCUT2D eigenvalue weighted by Gasteiger charge is 2.51. The van der Waals surface area contributed by atoms with Crippen molar-refractivity contribution < 1.29 is 26.9 Å². The SMILES string of the molecule is C=S1(=O)NC(=O)c2ccc3c(c2)N(C[C@@H]2CC[C@H]2[C@@](CN2CC(N4CCS(=O)(=O)CC4)C2)(OC)/C=C/C[C@H](C)[C@H]1C)C[C@@]1(CCCc2cc(Cl)ccc21)CO3. The monoisotopic (exact) mass is 812 g/mol. The molecule has 1 spiro atoms. The van der Waals surface area contributed by atoms with Crippen molar-refractivity contribution in [2.75, 3.05) is 75.9 Å². The van der Waals surface area contributed by atoms with E-state index in [0.717, 1.165) is 81.3 Å². The van der Waals surface area contributed by atoms with Crippen molar-refractivity contribution in [2.24, 2.45) is 17.8 Å². The van der Waals surface area contributed by atoms with Crippen molar-refractivity contribution in [3.63, 3.8) is 0 Å². The minimum atomic E-state index is -2.99. The molecule has 3 fully saturated rings. The van der Waals surface area contributed by atoms with Crippen LogP contribution in [-0.2, 0) is 36.1 Å². The minimum Gasteiger partial charge on any atom is -0.490 e. The number of hydrogen-bond donors (Lipinski definition) is 1. The highest BCUT2D eigenvalue weighted by atomic mass is 35.5. The van der Waals surface area contributed by atoms with Gasteiger partial charge in [0.05, 0.1) is 33.5 Å². The third kappa shape index (κ3) is 7.60. The van der Waals surface area contributed by atoms with Gasteiger partial charge in [0.2, 0.25) is 0 Å². The fourth-order valence-corrected chi connectivity index (χ4v) is 13.2. The van der Waals surface area contributed by atoms with Gasteiger partial charge in [-0.25, -0.2) is 12.6 Å². The first-order chi connectivity index (χ1) is 26.2. The van der Waals surface area contributed by atoms with E-state index >= 15 is 0 Å². The third-order valence-corrected chi connectivity index (χ3v) is 18.1. The number of ether oxygens (including phenoxy) is 2. The molecule has 4 aliphatic heterocycles. The van der Waals surface area contributed by atoms with Crippen LogP contribution in [0.5, 0.6) is 5.75 Å². The lowest BCUT2D eigenvalue weighted by Crippen LogP contribution is -2.66. The summed E-state index contributed by atoms with van der Waals surface area (Å²) in [7, 11) is -4.08. The molecule has 1 N–H and O–H groups in total. The molecule has 2 aliphatic carbocycles. The maximum atomic E-state index is 14.1. The number of nitrogens with zero attached hydrogens (tertiary/aromatic N) is 3. The number of sulfone groups is 1. The number of hydrogen-bond acceptors (Lipinski definition) is 9. The summed E-state index contributed by atoms with van der Waals surface area (Å²) in [5.74, 6) is 5.47. The molecule has 1 amide bonds. The number of allylic oxidation sites excluding steroid dienone is 1. The summed E-state index contributed by atoms with van der Waals surface area (Å²) in [6.07, 6.45) is 10.3. The van der Waals surface area contributed by atoms with Gasteiger partial charge in [-0.05, 0) is 111 Å². The molecule has 0 aromatic heterocycles. The Morgan fingerprint density at radius 2 is 1.84 bits per heavy atom. The summed E-state index contributed by atoms with van der Waals surface area (Å²) < 4.78 is 54.5. The number of anilines is 1. The molecule has 8 rings (SSSR count). The Bertz CT molecular complexity index is 2040. The number of fused-ring (bicyclic) bond motifs is 4. The molecule has 1 unspecified atom stereocenters. The largest absolute Gasteiger partial charge is 0.490 e. The quantitative estimate of drug-likeness (QED) is 0.338. The zero-order valence-corrected chi connectivity index (χ0v) is 34.9. The Hall–Kier alpha value is -2.61. The van der Waals surface area contributed by atoms with Crippen LogP contribution >= 0.6 is 11.6 Å². The summed E-state index contributed by atoms with van der Waals surface area (Å²) in [4.78, 5) is 21.1. The second-order valence-electron chi connectivity index (χ2n) is 17.4. The van der Waals surface area contributed by atoms with Crippen molar-refractivity contribution in [1.29, 1.82) is 0 Å². The van der Waals surface area contributed by atoms with Crippen molar-refractivity contribution in [2.45, 2.75) is 74.7 Å². The van der Waals surface area contributed by atoms with Crippen LogP contribution in [0.2, 0.25) is 5.02 Å². The predicted molar refractivity (Wildman–Crippen MR) is 222 cm³/mol. The van der Waals surface area contributed by atoms with Gasteiger partial charge in [0.15, 0.2) is 9.84 Å². The fourth-order valence-electron chi connectivity index (χ4n) is 10.2. The number of methoxy groups -OCH3 is 1. The molecule has 2 saturated heterocycles. The van der Waals surface area contributed by atoms with Gasteiger partial charge in [-0.15, -0.1) is 0 Å². The van der Waals surface area contributed by atoms with Gasteiger partial charge in [0, 0.05) is 80.2 Å². The number of benzene rings is 2. The number of rotatable bonds is 4. The first-order valence-electron chi connectivity index (χ1n) is 20.1. The first kappa shape index (κ1) is 39.2. The number of carbonyl (C=O) groups is 1. The number of halogens is 1. The molecule has 10 nitrogen and oxygen atoms in total. The molecular formula is C42H57ClN4O6S2. The molecular weight excluding hydrogens is 756 g/mol. The standard InChI is InChI=1S/C42H57ClN4O6S2/c1-29-7-5-16-42(52-3,27-45-24-35(25-45)46-17-19-55(50,51)20-18-46)37-12-9-33(37)23-47-26-41(15-6-8-31-21-34(43)11-13-36(31)41)28-53-39-14-10-32(22-38(39)47)40(48)44-54(4,49)30(29)2/h5,10-11,13-14,16,21-22,29-30,33,35,37H,4,6-9,12,15,17-20,23-28H2,1-3H3,(H,44,48,49)/b16-5+/t29-,30+,33-,37+,41-,42+,54?/m0/s1. The lowest BCUT2D eigenvalue weighted by molar-refractivity contribution is -0.108. The van der Waals surface area contributed by atoms with E-state index in [1.165, 1.54) is 11.1 Å². The molecule has 2 bridgehead atoms. The maximum Gasteiger partial charge on any atom is 0.262 e. The van der Waals surface area contributed by atoms with Crippen molar-refractivity contribution in [1.82, 2.24) is 14.5 Å². The van der Waals surface area contributed by atoms with Gasteiger partial charge < -0.3 is 14.4 Å². The topological polar surface area (TPSA) is 108 Å². The van der Waals surface area contributed by atoms with Crippen LogP contribution in [0.1, 0.15) is 67.4 Å². The van der Waals surface area contributed by atoms with Gasteiger partial charge in [0.25, 0.3) is 5.91 Å². The van der Waals surface area contributed by atoms with Crippen LogP contribution in [0.3, 0.4) is 0 Å². The third-order valence-electron chi connectivity index (χ3n) is 14.1. The molecule has 300 valence electrons. The lowest BCUT2D eigenvalue weighted by Gasteiger charge is -2.54. The van der Waals surface area contributed by atoms with Gasteiger partial charge in [-0.2, -0.15) is 0 Å². The zero-order valence-electron chi connectivity index (χ0n) is 32.5. The van der Waals surface area contributed by atoms with Gasteiger partial charge in [-0.1, -0.05) is 36.7 Å². The van der Waals surface area contributed by atoms with Crippen LogP contribution in [0.25, 0.3) is 0 Å². The van der Waals surface area contributed by atoms with Crippen molar-refractivity contribution in [3.8, 4) is 5.75 Å². The molecule has 7 atom stereocenters. The predicted octanol–water partition coefficient (Wildman–Crippen LogP) is 4.98. The summed E-state index contributed by atoms with van der Waals surface area (Å²) in [6, 6.07) is 12.3. The Labute approximate surface area is 333 Å². The Morgan fingerprint density at radius 3 is 2.56 bits per heavy atom. The highest BCUT2D eigenvalue weighted by Crippen LogP contribution is 2.49. The van der Waals surface area contributed by atoms with E-state index in [-0.39, 0.29) is 39.9 Å². The summed E-state index contributed by atoms with van der Waals surface area (Å²) in [6.45, 7) is 9.75. The van der Waals surface area contributed by atoms with E-state index in [1.807, 2.05) is 32.2 Å². The average Bonchev–Trinajstić information content (AvgIpc) is 3.27. The molecule has 6 aliphatic rings. The van der Waals surface area contributed by atoms with Crippen LogP contribution < -0.4 is 14.4 Å². The van der Waals surface area contributed by atoms with E-state index in [9.17, 15) is 17.4 Å². The first-order valence-corrected chi connectivity index (χ1v) is 24.1. The van der Waals surface area contributed by atoms with Gasteiger partial charge in [0.1, 0.15) is 11.4 Å². The van der Waals surface area contributed by atoms with E-state index in [4.69, 9.17) is 21.1 Å². The molecule has 2 aromatic carbocycles. The van der Waals surface area contributed by atoms with E-state index in [1.54, 1.807) is 6.07 Å². The van der Waals surface area contributed by atoms with Crippen LogP contribution in [0.15, 0.2) is 48.6 Å².